The molecule has 63 heavy (non-hydrogen) atoms. The molecule has 0 aliphatic rings. The van der Waals surface area contributed by atoms with Gasteiger partial charge in [0.1, 0.15) is 0 Å². The van der Waals surface area contributed by atoms with E-state index in [9.17, 15) is 0 Å². The molecule has 3 heterocycles. The minimum absolute atomic E-state index is 1.17. The van der Waals surface area contributed by atoms with Crippen LogP contribution in [0.25, 0.3) is 120 Å². The molecule has 0 bridgehead atoms. The normalized spacial score (nSPS) is 11.8. The van der Waals surface area contributed by atoms with E-state index in [1.807, 2.05) is 11.3 Å². The summed E-state index contributed by atoms with van der Waals surface area (Å²) in [5.41, 5.74) is 14.7. The second kappa shape index (κ2) is 14.3. The summed E-state index contributed by atoms with van der Waals surface area (Å²) in [6, 6.07) is 84.6. The van der Waals surface area contributed by atoms with Crippen LogP contribution in [0, 0.1) is 0 Å². The number of aromatic nitrogens is 2. The van der Waals surface area contributed by atoms with Crippen molar-refractivity contribution in [1.29, 1.82) is 0 Å². The van der Waals surface area contributed by atoms with E-state index in [0.717, 1.165) is 0 Å². The number of para-hydroxylation sites is 4. The maximum atomic E-state index is 2.39. The number of fused-ring (bicyclic) bond motifs is 8. The van der Waals surface area contributed by atoms with Crippen molar-refractivity contribution in [3.63, 3.8) is 0 Å². The number of hydrogen-bond acceptors (Lipinski definition) is 1. The third-order valence-corrected chi connectivity index (χ3v) is 14.1. The molecule has 0 unspecified atom stereocenters. The first kappa shape index (κ1) is 35.7. The van der Waals surface area contributed by atoms with Gasteiger partial charge in [0, 0.05) is 42.7 Å². The number of nitrogens with zero attached hydrogens (tertiary/aromatic N) is 2. The van der Waals surface area contributed by atoms with Crippen LogP contribution in [0.1, 0.15) is 0 Å². The standard InChI is InChI=1S/C60H38N2S/c1-3-13-47(14-4-1)61-53-21-9-7-17-51(53)59-49(19-11-23-55(59)61)43-29-25-41-37-45(31-27-39(41)35-43)57-33-34-58(63-57)46-32-28-40-36-44(30-26-42(40)38-46)50-20-12-24-56-60(50)52-18-8-10-22-54(52)62(56)48-15-5-2-6-16-48/h1-38H. The first-order valence-corrected chi connectivity index (χ1v) is 22.4. The van der Waals surface area contributed by atoms with E-state index >= 15 is 0 Å². The highest BCUT2D eigenvalue weighted by Gasteiger charge is 2.18. The Morgan fingerprint density at radius 2 is 0.635 bits per heavy atom. The van der Waals surface area contributed by atoms with Crippen LogP contribution in [0.15, 0.2) is 231 Å². The van der Waals surface area contributed by atoms with Crippen molar-refractivity contribution in [3.05, 3.63) is 231 Å². The molecule has 3 aromatic heterocycles. The van der Waals surface area contributed by atoms with Crippen LogP contribution in [0.4, 0.5) is 0 Å². The van der Waals surface area contributed by atoms with Gasteiger partial charge >= 0.3 is 0 Å². The van der Waals surface area contributed by atoms with Crippen molar-refractivity contribution in [2.75, 3.05) is 0 Å². The van der Waals surface area contributed by atoms with Crippen LogP contribution < -0.4 is 0 Å². The summed E-state index contributed by atoms with van der Waals surface area (Å²) in [6.07, 6.45) is 0. The lowest BCUT2D eigenvalue weighted by Gasteiger charge is -2.10. The van der Waals surface area contributed by atoms with Gasteiger partial charge in [0.05, 0.1) is 22.1 Å². The smallest absolute Gasteiger partial charge is 0.0547 e. The molecule has 0 spiro atoms. The summed E-state index contributed by atoms with van der Waals surface area (Å²) in [5, 5.41) is 10.1. The lowest BCUT2D eigenvalue weighted by Crippen LogP contribution is -1.92. The van der Waals surface area contributed by atoms with Gasteiger partial charge in [-0.15, -0.1) is 11.3 Å². The molecule has 0 aliphatic heterocycles. The summed E-state index contributed by atoms with van der Waals surface area (Å²) in [6.45, 7) is 0. The molecule has 0 saturated heterocycles. The van der Waals surface area contributed by atoms with Gasteiger partial charge < -0.3 is 9.13 Å². The van der Waals surface area contributed by atoms with E-state index in [1.54, 1.807) is 0 Å². The largest absolute Gasteiger partial charge is 0.309 e. The van der Waals surface area contributed by atoms with Crippen LogP contribution in [0.5, 0.6) is 0 Å². The molecule has 13 rings (SSSR count). The van der Waals surface area contributed by atoms with Crippen molar-refractivity contribution in [2.45, 2.75) is 0 Å². The lowest BCUT2D eigenvalue weighted by atomic mass is 9.96. The van der Waals surface area contributed by atoms with Gasteiger partial charge in [0.2, 0.25) is 0 Å². The van der Waals surface area contributed by atoms with Crippen LogP contribution >= 0.6 is 11.3 Å². The Morgan fingerprint density at radius 3 is 1.08 bits per heavy atom. The zero-order chi connectivity index (χ0) is 41.4. The summed E-state index contributed by atoms with van der Waals surface area (Å²) in [5.74, 6) is 0. The predicted octanol–water partition coefficient (Wildman–Crippen LogP) is 16.9. The molecule has 0 fully saturated rings. The molecular weight excluding hydrogens is 781 g/mol. The number of hydrogen-bond donors (Lipinski definition) is 0. The Kier molecular flexibility index (Phi) is 8.12. The maximum absolute atomic E-state index is 2.39. The highest BCUT2D eigenvalue weighted by atomic mass is 32.1. The molecule has 10 aromatic carbocycles. The predicted molar refractivity (Wildman–Crippen MR) is 270 cm³/mol. The molecule has 0 atom stereocenters. The first-order chi connectivity index (χ1) is 31.2. The molecule has 0 amide bonds. The third kappa shape index (κ3) is 5.78. The first-order valence-electron chi connectivity index (χ1n) is 21.6. The van der Waals surface area contributed by atoms with Gasteiger partial charge in [-0.05, 0) is 140 Å². The molecule has 3 heteroatoms. The minimum atomic E-state index is 1.17. The molecule has 0 radical (unpaired) electrons. The maximum Gasteiger partial charge on any atom is 0.0547 e. The molecular formula is C60H38N2S. The van der Waals surface area contributed by atoms with Crippen LogP contribution in [-0.2, 0) is 0 Å². The minimum Gasteiger partial charge on any atom is -0.309 e. The van der Waals surface area contributed by atoms with E-state index in [0.29, 0.717) is 0 Å². The summed E-state index contributed by atoms with van der Waals surface area (Å²) >= 11 is 1.86. The topological polar surface area (TPSA) is 9.86 Å². The van der Waals surface area contributed by atoms with E-state index in [-0.39, 0.29) is 0 Å². The third-order valence-electron chi connectivity index (χ3n) is 12.9. The Hall–Kier alpha value is -7.98. The highest BCUT2D eigenvalue weighted by Crippen LogP contribution is 2.43. The average molecular weight is 819 g/mol. The van der Waals surface area contributed by atoms with Crippen LogP contribution in [-0.4, -0.2) is 9.13 Å². The number of rotatable bonds is 6. The molecule has 2 nitrogen and oxygen atoms in total. The van der Waals surface area contributed by atoms with E-state index < -0.39 is 0 Å². The Balaban J connectivity index is 0.817. The molecule has 13 aromatic rings. The fraction of sp³-hybridized carbons (Fsp3) is 0. The summed E-state index contributed by atoms with van der Waals surface area (Å²) in [4.78, 5) is 2.54. The van der Waals surface area contributed by atoms with E-state index in [2.05, 4.69) is 240 Å². The van der Waals surface area contributed by atoms with Gasteiger partial charge in [-0.1, -0.05) is 146 Å². The fourth-order valence-electron chi connectivity index (χ4n) is 10.0. The van der Waals surface area contributed by atoms with Gasteiger partial charge in [0.15, 0.2) is 0 Å². The second-order valence-corrected chi connectivity index (χ2v) is 17.6. The van der Waals surface area contributed by atoms with E-state index in [1.165, 1.54) is 120 Å². The van der Waals surface area contributed by atoms with Gasteiger partial charge in [-0.3, -0.25) is 0 Å². The van der Waals surface area contributed by atoms with Crippen molar-refractivity contribution >= 4 is 76.5 Å². The highest BCUT2D eigenvalue weighted by molar-refractivity contribution is 7.18. The summed E-state index contributed by atoms with van der Waals surface area (Å²) in [7, 11) is 0. The summed E-state index contributed by atoms with van der Waals surface area (Å²) < 4.78 is 4.78. The molecule has 0 N–H and O–H groups in total. The zero-order valence-corrected chi connectivity index (χ0v) is 35.1. The van der Waals surface area contributed by atoms with Crippen molar-refractivity contribution in [1.82, 2.24) is 9.13 Å². The van der Waals surface area contributed by atoms with Gasteiger partial charge in [-0.25, -0.2) is 0 Å². The van der Waals surface area contributed by atoms with E-state index in [4.69, 9.17) is 0 Å². The molecule has 294 valence electrons. The van der Waals surface area contributed by atoms with Gasteiger partial charge in [0.25, 0.3) is 0 Å². The van der Waals surface area contributed by atoms with Gasteiger partial charge in [-0.2, -0.15) is 0 Å². The van der Waals surface area contributed by atoms with Crippen molar-refractivity contribution in [2.24, 2.45) is 0 Å². The monoisotopic (exact) mass is 818 g/mol. The lowest BCUT2D eigenvalue weighted by molar-refractivity contribution is 1.18. The zero-order valence-electron chi connectivity index (χ0n) is 34.2. The Bertz CT molecular complexity index is 3650. The molecule has 0 saturated carbocycles. The average Bonchev–Trinajstić information content (AvgIpc) is 4.07. The SMILES string of the molecule is c1ccc(-n2c3ccccc3c3c(-c4ccc5cc(-c6ccc(-c7ccc8cc(-c9cccc%10c9c9ccccc9n%10-c9ccccc9)ccc8c7)s6)ccc5c4)cccc32)cc1. The van der Waals surface area contributed by atoms with Crippen molar-refractivity contribution < 1.29 is 0 Å². The Labute approximate surface area is 368 Å². The van der Waals surface area contributed by atoms with Crippen molar-refractivity contribution in [3.8, 4) is 54.5 Å². The Morgan fingerprint density at radius 1 is 0.270 bits per heavy atom. The molecule has 0 aliphatic carbocycles. The second-order valence-electron chi connectivity index (χ2n) is 16.5. The fourth-order valence-corrected chi connectivity index (χ4v) is 11.0. The number of thiophene rings is 1. The van der Waals surface area contributed by atoms with Crippen LogP contribution in [0.3, 0.4) is 0 Å². The number of benzene rings is 10. The quantitative estimate of drug-likeness (QED) is 0.158. The van der Waals surface area contributed by atoms with Crippen LogP contribution in [0.2, 0.25) is 0 Å².